The third-order valence-corrected chi connectivity index (χ3v) is 3.22. The number of hydrogen-bond acceptors (Lipinski definition) is 3. The van der Waals surface area contributed by atoms with Crippen molar-refractivity contribution in [2.75, 3.05) is 20.1 Å². The van der Waals surface area contributed by atoms with Crippen LogP contribution in [0.5, 0.6) is 0 Å². The highest BCUT2D eigenvalue weighted by Crippen LogP contribution is 2.03. The fourth-order valence-corrected chi connectivity index (χ4v) is 2.20. The van der Waals surface area contributed by atoms with Crippen molar-refractivity contribution in [1.29, 1.82) is 0 Å². The third-order valence-electron chi connectivity index (χ3n) is 3.22. The maximum atomic E-state index is 4.22. The van der Waals surface area contributed by atoms with Crippen LogP contribution in [0.3, 0.4) is 0 Å². The average Bonchev–Trinajstić information content (AvgIpc) is 2.90. The highest BCUT2D eigenvalue weighted by atomic mass is 15.2. The van der Waals surface area contributed by atoms with Gasteiger partial charge in [0.05, 0.1) is 12.2 Å². The first-order chi connectivity index (χ1) is 9.54. The van der Waals surface area contributed by atoms with E-state index in [2.05, 4.69) is 58.4 Å². The van der Waals surface area contributed by atoms with E-state index in [-0.39, 0.29) is 0 Å². The maximum Gasteiger partial charge on any atom is 0.191 e. The number of aromatic amines is 1. The molecule has 0 fully saturated rings. The van der Waals surface area contributed by atoms with Gasteiger partial charge in [0.1, 0.15) is 0 Å². The number of aliphatic imine (C=N–C) groups is 1. The fourth-order valence-electron chi connectivity index (χ4n) is 2.20. The van der Waals surface area contributed by atoms with Crippen LogP contribution in [0.4, 0.5) is 0 Å². The Labute approximate surface area is 122 Å². The molecule has 3 N–H and O–H groups in total. The van der Waals surface area contributed by atoms with Crippen molar-refractivity contribution in [3.63, 3.8) is 0 Å². The van der Waals surface area contributed by atoms with E-state index < -0.39 is 0 Å². The predicted molar refractivity (Wildman–Crippen MR) is 83.8 cm³/mol. The lowest BCUT2D eigenvalue weighted by Crippen LogP contribution is -2.45. The van der Waals surface area contributed by atoms with Crippen molar-refractivity contribution in [1.82, 2.24) is 25.7 Å². The van der Waals surface area contributed by atoms with Crippen LogP contribution in [0.2, 0.25) is 0 Å². The Morgan fingerprint density at radius 3 is 2.50 bits per heavy atom. The lowest BCUT2D eigenvalue weighted by molar-refractivity contribution is 0.178. The SMILES string of the molecule is CN=C(NCCN(C(C)C)C(C)C)NCc1ccn[nH]1. The average molecular weight is 280 g/mol. The minimum absolute atomic E-state index is 0.553. The molecule has 0 atom stereocenters. The van der Waals surface area contributed by atoms with Crippen molar-refractivity contribution in [2.24, 2.45) is 4.99 Å². The molecule has 0 bridgehead atoms. The summed E-state index contributed by atoms with van der Waals surface area (Å²) >= 11 is 0. The van der Waals surface area contributed by atoms with Gasteiger partial charge in [-0.15, -0.1) is 0 Å². The quantitative estimate of drug-likeness (QED) is 0.518. The molecule has 0 radical (unpaired) electrons. The summed E-state index contributed by atoms with van der Waals surface area (Å²) in [6.45, 7) is 11.5. The van der Waals surface area contributed by atoms with E-state index in [4.69, 9.17) is 0 Å². The first-order valence-electron chi connectivity index (χ1n) is 7.23. The van der Waals surface area contributed by atoms with Crippen LogP contribution in [-0.2, 0) is 6.54 Å². The van der Waals surface area contributed by atoms with Crippen LogP contribution >= 0.6 is 0 Å². The zero-order valence-corrected chi connectivity index (χ0v) is 13.3. The second kappa shape index (κ2) is 8.58. The molecule has 114 valence electrons. The van der Waals surface area contributed by atoms with Gasteiger partial charge in [0.2, 0.25) is 0 Å². The van der Waals surface area contributed by atoms with E-state index in [1.165, 1.54) is 0 Å². The van der Waals surface area contributed by atoms with Gasteiger partial charge in [0, 0.05) is 38.4 Å². The number of guanidine groups is 1. The summed E-state index contributed by atoms with van der Waals surface area (Å²) < 4.78 is 0. The number of H-pyrrole nitrogens is 1. The molecule has 1 aromatic heterocycles. The molecule has 0 aliphatic carbocycles. The fraction of sp³-hybridized carbons (Fsp3) is 0.714. The maximum absolute atomic E-state index is 4.22. The number of nitrogens with one attached hydrogen (secondary N) is 3. The van der Waals surface area contributed by atoms with E-state index >= 15 is 0 Å². The number of nitrogens with zero attached hydrogens (tertiary/aromatic N) is 3. The molecule has 1 rings (SSSR count). The van der Waals surface area contributed by atoms with Crippen LogP contribution in [0.25, 0.3) is 0 Å². The molecule has 0 saturated heterocycles. The van der Waals surface area contributed by atoms with Gasteiger partial charge < -0.3 is 10.6 Å². The van der Waals surface area contributed by atoms with Gasteiger partial charge in [-0.05, 0) is 33.8 Å². The second-order valence-corrected chi connectivity index (χ2v) is 5.36. The standard InChI is InChI=1S/C14H28N6/c1-11(2)20(12(3)4)9-8-16-14(15-5)17-10-13-6-7-18-19-13/h6-7,11-12H,8-10H2,1-5H3,(H,18,19)(H2,15,16,17). The van der Waals surface area contributed by atoms with Gasteiger partial charge in [-0.1, -0.05) is 0 Å². The van der Waals surface area contributed by atoms with Crippen LogP contribution < -0.4 is 10.6 Å². The molecule has 0 aliphatic rings. The van der Waals surface area contributed by atoms with Gasteiger partial charge in [0.25, 0.3) is 0 Å². The number of hydrogen-bond donors (Lipinski definition) is 3. The second-order valence-electron chi connectivity index (χ2n) is 5.36. The van der Waals surface area contributed by atoms with Gasteiger partial charge >= 0.3 is 0 Å². The third kappa shape index (κ3) is 5.61. The predicted octanol–water partition coefficient (Wildman–Crippen LogP) is 1.19. The lowest BCUT2D eigenvalue weighted by atomic mass is 10.2. The Morgan fingerprint density at radius 2 is 2.00 bits per heavy atom. The summed E-state index contributed by atoms with van der Waals surface area (Å²) in [5.74, 6) is 0.812. The highest BCUT2D eigenvalue weighted by molar-refractivity contribution is 5.79. The van der Waals surface area contributed by atoms with E-state index in [0.717, 1.165) is 24.7 Å². The lowest BCUT2D eigenvalue weighted by Gasteiger charge is -2.30. The minimum atomic E-state index is 0.553. The van der Waals surface area contributed by atoms with Gasteiger partial charge in [-0.25, -0.2) is 0 Å². The molecule has 6 heteroatoms. The Kier molecular flexibility index (Phi) is 7.08. The summed E-state index contributed by atoms with van der Waals surface area (Å²) in [4.78, 5) is 6.67. The normalized spacial score (nSPS) is 12.5. The van der Waals surface area contributed by atoms with Gasteiger partial charge in [0.15, 0.2) is 5.96 Å². The van der Waals surface area contributed by atoms with Crippen molar-refractivity contribution < 1.29 is 0 Å². The summed E-state index contributed by atoms with van der Waals surface area (Å²) in [5.41, 5.74) is 1.04. The monoisotopic (exact) mass is 280 g/mol. The molecule has 0 aliphatic heterocycles. The zero-order valence-electron chi connectivity index (χ0n) is 13.3. The summed E-state index contributed by atoms with van der Waals surface area (Å²) in [6, 6.07) is 3.05. The van der Waals surface area contributed by atoms with Crippen LogP contribution in [0, 0.1) is 0 Å². The van der Waals surface area contributed by atoms with Crippen LogP contribution in [0.15, 0.2) is 17.3 Å². The van der Waals surface area contributed by atoms with Crippen LogP contribution in [-0.4, -0.2) is 53.3 Å². The molecule has 20 heavy (non-hydrogen) atoms. The van der Waals surface area contributed by atoms with E-state index in [9.17, 15) is 0 Å². The molecular formula is C14H28N6. The molecule has 1 heterocycles. The smallest absolute Gasteiger partial charge is 0.191 e. The van der Waals surface area contributed by atoms with Crippen molar-refractivity contribution in [2.45, 2.75) is 46.3 Å². The Morgan fingerprint density at radius 1 is 1.30 bits per heavy atom. The number of rotatable bonds is 7. The minimum Gasteiger partial charge on any atom is -0.355 e. The summed E-state index contributed by atoms with van der Waals surface area (Å²) in [6.07, 6.45) is 1.75. The topological polar surface area (TPSA) is 68.3 Å². The summed E-state index contributed by atoms with van der Waals surface area (Å²) in [5, 5.41) is 13.4. The molecular weight excluding hydrogens is 252 g/mol. The van der Waals surface area contributed by atoms with Crippen LogP contribution in [0.1, 0.15) is 33.4 Å². The number of aromatic nitrogens is 2. The molecule has 0 spiro atoms. The molecule has 1 aromatic rings. The first-order valence-corrected chi connectivity index (χ1v) is 7.23. The largest absolute Gasteiger partial charge is 0.355 e. The molecule has 0 unspecified atom stereocenters. The Bertz CT molecular complexity index is 374. The molecule has 0 saturated carbocycles. The molecule has 0 aromatic carbocycles. The van der Waals surface area contributed by atoms with E-state index in [1.54, 1.807) is 13.2 Å². The van der Waals surface area contributed by atoms with E-state index in [0.29, 0.717) is 18.6 Å². The Balaban J connectivity index is 2.31. The molecule has 0 amide bonds. The highest BCUT2D eigenvalue weighted by Gasteiger charge is 2.12. The Hall–Kier alpha value is -1.56. The van der Waals surface area contributed by atoms with Crippen molar-refractivity contribution in [3.8, 4) is 0 Å². The van der Waals surface area contributed by atoms with E-state index in [1.807, 2.05) is 6.07 Å². The van der Waals surface area contributed by atoms with Gasteiger partial charge in [-0.3, -0.25) is 15.0 Å². The van der Waals surface area contributed by atoms with Crippen molar-refractivity contribution >= 4 is 5.96 Å². The summed E-state index contributed by atoms with van der Waals surface area (Å²) in [7, 11) is 1.78. The first kappa shape index (κ1) is 16.5. The van der Waals surface area contributed by atoms with Crippen molar-refractivity contribution in [3.05, 3.63) is 18.0 Å². The zero-order chi connectivity index (χ0) is 15.0. The molecule has 6 nitrogen and oxygen atoms in total. The van der Waals surface area contributed by atoms with Gasteiger partial charge in [-0.2, -0.15) is 5.10 Å².